The molecule has 1 aliphatic carbocycles. The van der Waals surface area contributed by atoms with Gasteiger partial charge in [-0.2, -0.15) is 0 Å². The molecule has 2 aliphatic rings. The number of urea groups is 1. The summed E-state index contributed by atoms with van der Waals surface area (Å²) in [7, 11) is 0. The number of carbonyl (C=O) groups excluding carboxylic acids is 3. The van der Waals surface area contributed by atoms with Crippen LogP contribution in [-0.4, -0.2) is 34.8 Å². The second-order valence-electron chi connectivity index (χ2n) is 6.76. The largest absolute Gasteiger partial charge is 0.325 e. The number of amides is 4. The van der Waals surface area contributed by atoms with Gasteiger partial charge in [-0.25, -0.2) is 4.79 Å². The van der Waals surface area contributed by atoms with Crippen molar-refractivity contribution in [2.75, 3.05) is 11.9 Å². The summed E-state index contributed by atoms with van der Waals surface area (Å²) in [4.78, 5) is 38.3. The molecule has 1 aromatic rings. The monoisotopic (exact) mass is 471 g/mol. The molecule has 1 heterocycles. The van der Waals surface area contributed by atoms with Gasteiger partial charge < -0.3 is 10.6 Å². The molecular formula is C17H19Br2N3O3. The lowest BCUT2D eigenvalue weighted by Gasteiger charge is -2.33. The Labute approximate surface area is 163 Å². The summed E-state index contributed by atoms with van der Waals surface area (Å²) in [5.41, 5.74) is -0.233. The molecule has 3 rings (SSSR count). The van der Waals surface area contributed by atoms with E-state index in [1.54, 1.807) is 12.1 Å². The van der Waals surface area contributed by atoms with Crippen molar-refractivity contribution in [1.82, 2.24) is 10.2 Å². The third-order valence-corrected chi connectivity index (χ3v) is 6.03. The molecule has 2 N–H and O–H groups in total. The van der Waals surface area contributed by atoms with E-state index in [1.165, 1.54) is 0 Å². The Morgan fingerprint density at radius 2 is 2.00 bits per heavy atom. The fraction of sp³-hybridized carbons (Fsp3) is 0.471. The molecule has 0 aromatic heterocycles. The molecule has 1 aliphatic heterocycles. The maximum Gasteiger partial charge on any atom is 0.325 e. The number of rotatable bonds is 3. The zero-order chi connectivity index (χ0) is 18.2. The van der Waals surface area contributed by atoms with E-state index >= 15 is 0 Å². The third-order valence-electron chi connectivity index (χ3n) is 4.88. The molecule has 1 aromatic carbocycles. The van der Waals surface area contributed by atoms with Crippen molar-refractivity contribution in [1.29, 1.82) is 0 Å². The van der Waals surface area contributed by atoms with Gasteiger partial charge >= 0.3 is 6.03 Å². The van der Waals surface area contributed by atoms with Crippen LogP contribution < -0.4 is 10.6 Å². The van der Waals surface area contributed by atoms with E-state index in [1.807, 2.05) is 6.07 Å². The highest BCUT2D eigenvalue weighted by molar-refractivity contribution is 9.11. The second-order valence-corrected chi connectivity index (χ2v) is 8.53. The van der Waals surface area contributed by atoms with Gasteiger partial charge in [-0.05, 0) is 65.7 Å². The van der Waals surface area contributed by atoms with Crippen molar-refractivity contribution in [3.8, 4) is 0 Å². The Bertz CT molecular complexity index is 730. The molecule has 4 amide bonds. The van der Waals surface area contributed by atoms with Crippen LogP contribution >= 0.6 is 31.9 Å². The van der Waals surface area contributed by atoms with Gasteiger partial charge in [0.25, 0.3) is 5.91 Å². The highest BCUT2D eigenvalue weighted by atomic mass is 79.9. The Hall–Kier alpha value is -1.41. The van der Waals surface area contributed by atoms with Gasteiger partial charge in [-0.15, -0.1) is 0 Å². The SMILES string of the molecule is CC1CCC2(CC1)NC(=O)N(CC(=O)Nc1ccc(Br)cc1Br)C2=O. The van der Waals surface area contributed by atoms with Crippen LogP contribution in [0, 0.1) is 5.92 Å². The topological polar surface area (TPSA) is 78.5 Å². The quantitative estimate of drug-likeness (QED) is 0.659. The van der Waals surface area contributed by atoms with Gasteiger partial charge in [0.05, 0.1) is 5.69 Å². The zero-order valence-electron chi connectivity index (χ0n) is 13.8. The van der Waals surface area contributed by atoms with E-state index < -0.39 is 17.5 Å². The highest BCUT2D eigenvalue weighted by Gasteiger charge is 2.52. The van der Waals surface area contributed by atoms with Crippen molar-refractivity contribution in [2.45, 2.75) is 38.1 Å². The van der Waals surface area contributed by atoms with Crippen LogP contribution in [0.3, 0.4) is 0 Å². The Morgan fingerprint density at radius 3 is 2.64 bits per heavy atom. The number of carbonyl (C=O) groups is 3. The molecule has 2 fully saturated rings. The molecule has 0 unspecified atom stereocenters. The minimum atomic E-state index is -0.817. The lowest BCUT2D eigenvalue weighted by Crippen LogP contribution is -2.49. The van der Waals surface area contributed by atoms with Crippen molar-refractivity contribution in [3.05, 3.63) is 27.1 Å². The lowest BCUT2D eigenvalue weighted by molar-refractivity contribution is -0.135. The number of hydrogen-bond donors (Lipinski definition) is 2. The molecular weight excluding hydrogens is 454 g/mol. The van der Waals surface area contributed by atoms with Crippen LogP contribution in [0.25, 0.3) is 0 Å². The van der Waals surface area contributed by atoms with Crippen LogP contribution in [0.2, 0.25) is 0 Å². The average Bonchev–Trinajstić information content (AvgIpc) is 2.78. The van der Waals surface area contributed by atoms with Gasteiger partial charge in [0.1, 0.15) is 12.1 Å². The van der Waals surface area contributed by atoms with E-state index in [0.717, 1.165) is 22.2 Å². The summed E-state index contributed by atoms with van der Waals surface area (Å²) in [5.74, 6) is -0.135. The van der Waals surface area contributed by atoms with Crippen LogP contribution in [0.15, 0.2) is 27.1 Å². The Kier molecular flexibility index (Phi) is 5.20. The van der Waals surface area contributed by atoms with Crippen molar-refractivity contribution in [2.24, 2.45) is 5.92 Å². The summed E-state index contributed by atoms with van der Waals surface area (Å²) >= 11 is 6.72. The van der Waals surface area contributed by atoms with Gasteiger partial charge in [0.15, 0.2) is 0 Å². The summed E-state index contributed by atoms with van der Waals surface area (Å²) in [6, 6.07) is 4.86. The number of halogens is 2. The Balaban J connectivity index is 1.67. The van der Waals surface area contributed by atoms with Crippen molar-refractivity contribution < 1.29 is 14.4 Å². The summed E-state index contributed by atoms with van der Waals surface area (Å²) in [6.07, 6.45) is 3.07. The number of nitrogens with zero attached hydrogens (tertiary/aromatic N) is 1. The number of benzene rings is 1. The predicted molar refractivity (Wildman–Crippen MR) is 101 cm³/mol. The second kappa shape index (κ2) is 7.07. The first-order valence-electron chi connectivity index (χ1n) is 8.20. The van der Waals surface area contributed by atoms with E-state index in [-0.39, 0.29) is 12.5 Å². The van der Waals surface area contributed by atoms with E-state index in [9.17, 15) is 14.4 Å². The number of nitrogens with one attached hydrogen (secondary N) is 2. The summed E-state index contributed by atoms with van der Waals surface area (Å²) < 4.78 is 1.59. The first kappa shape index (κ1) is 18.4. The molecule has 134 valence electrons. The maximum atomic E-state index is 12.7. The minimum Gasteiger partial charge on any atom is -0.323 e. The maximum absolute atomic E-state index is 12.7. The van der Waals surface area contributed by atoms with Gasteiger partial charge in [0.2, 0.25) is 5.91 Å². The standard InChI is InChI=1S/C17H19Br2N3O3/c1-10-4-6-17(7-5-10)15(24)22(16(25)21-17)9-14(23)20-13-3-2-11(18)8-12(13)19/h2-3,8,10H,4-7,9H2,1H3,(H,20,23)(H,21,25). The molecule has 8 heteroatoms. The summed E-state index contributed by atoms with van der Waals surface area (Å²) in [6.45, 7) is 1.86. The van der Waals surface area contributed by atoms with E-state index in [2.05, 4.69) is 49.4 Å². The fourth-order valence-electron chi connectivity index (χ4n) is 3.34. The normalized spacial score (nSPS) is 26.0. The number of anilines is 1. The number of imide groups is 1. The highest BCUT2D eigenvalue weighted by Crippen LogP contribution is 2.36. The van der Waals surface area contributed by atoms with E-state index in [0.29, 0.717) is 28.9 Å². The average molecular weight is 473 g/mol. The van der Waals surface area contributed by atoms with Crippen molar-refractivity contribution in [3.63, 3.8) is 0 Å². The lowest BCUT2D eigenvalue weighted by atomic mass is 9.77. The first-order valence-corrected chi connectivity index (χ1v) is 9.78. The molecule has 1 saturated carbocycles. The molecule has 0 atom stereocenters. The molecule has 1 spiro atoms. The smallest absolute Gasteiger partial charge is 0.323 e. The summed E-state index contributed by atoms with van der Waals surface area (Å²) in [5, 5.41) is 5.54. The molecule has 0 bridgehead atoms. The van der Waals surface area contributed by atoms with Gasteiger partial charge in [-0.3, -0.25) is 14.5 Å². The molecule has 0 radical (unpaired) electrons. The minimum absolute atomic E-state index is 0.283. The van der Waals surface area contributed by atoms with E-state index in [4.69, 9.17) is 0 Å². The van der Waals surface area contributed by atoms with Gasteiger partial charge in [-0.1, -0.05) is 22.9 Å². The zero-order valence-corrected chi connectivity index (χ0v) is 16.9. The predicted octanol–water partition coefficient (Wildman–Crippen LogP) is 3.65. The van der Waals surface area contributed by atoms with Crippen molar-refractivity contribution >= 4 is 55.4 Å². The first-order chi connectivity index (χ1) is 11.8. The molecule has 1 saturated heterocycles. The van der Waals surface area contributed by atoms with Crippen LogP contribution in [0.4, 0.5) is 10.5 Å². The Morgan fingerprint density at radius 1 is 1.32 bits per heavy atom. The third kappa shape index (κ3) is 3.74. The fourth-order valence-corrected chi connectivity index (χ4v) is 4.48. The molecule has 6 nitrogen and oxygen atoms in total. The molecule has 25 heavy (non-hydrogen) atoms. The van der Waals surface area contributed by atoms with Gasteiger partial charge in [0, 0.05) is 8.95 Å². The van der Waals surface area contributed by atoms with Crippen LogP contribution in [0.1, 0.15) is 32.6 Å². The number of hydrogen-bond acceptors (Lipinski definition) is 3. The van der Waals surface area contributed by atoms with Crippen LogP contribution in [0.5, 0.6) is 0 Å². The van der Waals surface area contributed by atoms with Crippen LogP contribution in [-0.2, 0) is 9.59 Å².